The van der Waals surface area contributed by atoms with Gasteiger partial charge in [0.1, 0.15) is 18.7 Å². The number of hydrogen-bond acceptors (Lipinski definition) is 6. The Morgan fingerprint density at radius 2 is 2.07 bits per heavy atom. The Kier molecular flexibility index (Phi) is 6.46. The Morgan fingerprint density at radius 3 is 2.21 bits per heavy atom. The van der Waals surface area contributed by atoms with E-state index in [0.29, 0.717) is 0 Å². The van der Waals surface area contributed by atoms with Crippen LogP contribution >= 0.6 is 11.6 Å². The molecule has 1 atom stereocenters. The Hall–Kier alpha value is -1.31. The van der Waals surface area contributed by atoms with Crippen LogP contribution in [-0.4, -0.2) is 43.8 Å². The highest BCUT2D eigenvalue weighted by molar-refractivity contribution is 6.28. The molecule has 1 rings (SSSR count). The zero-order valence-electron chi connectivity index (χ0n) is 7.04. The summed E-state index contributed by atoms with van der Waals surface area (Å²) in [7, 11) is 0. The molecule has 0 aliphatic heterocycles. The first kappa shape index (κ1) is 12.7. The molecule has 0 saturated carbocycles. The number of nitrogens with zero attached hydrogens (tertiary/aromatic N) is 3. The molecule has 1 aromatic rings. The number of aliphatic hydroxyl groups excluding tert-OH is 1. The summed E-state index contributed by atoms with van der Waals surface area (Å²) in [5, 5.41) is 16.1. The number of rotatable bonds is 2. The maximum atomic E-state index is 9.65. The lowest BCUT2D eigenvalue weighted by atomic mass is 10.3. The highest BCUT2D eigenvalue weighted by Crippen LogP contribution is 1.90. The quantitative estimate of drug-likeness (QED) is 0.579. The Balaban J connectivity index is 0.000000241. The van der Waals surface area contributed by atoms with Gasteiger partial charge in [0, 0.05) is 0 Å². The molecule has 0 fully saturated rings. The summed E-state index contributed by atoms with van der Waals surface area (Å²) in [6, 6.07) is -1.13. The lowest BCUT2D eigenvalue weighted by molar-refractivity contribution is -0.139. The second-order valence-corrected chi connectivity index (χ2v) is 2.37. The summed E-state index contributed by atoms with van der Waals surface area (Å²) in [5.41, 5.74) is 4.77. The number of aliphatic hydroxyl groups is 1. The van der Waals surface area contributed by atoms with Crippen LogP contribution in [-0.2, 0) is 4.79 Å². The third-order valence-corrected chi connectivity index (χ3v) is 1.17. The molecule has 0 amide bonds. The largest absolute Gasteiger partial charge is 0.480 e. The SMILES string of the molecule is Clc1ncncn1.N[C@@H](CO)C(=O)O. The average molecular weight is 221 g/mol. The molecule has 0 unspecified atom stereocenters. The van der Waals surface area contributed by atoms with Crippen LogP contribution in [0.5, 0.6) is 0 Å². The van der Waals surface area contributed by atoms with Crippen LogP contribution in [0.25, 0.3) is 0 Å². The molecule has 1 heterocycles. The van der Waals surface area contributed by atoms with Gasteiger partial charge in [-0.2, -0.15) is 0 Å². The van der Waals surface area contributed by atoms with Gasteiger partial charge in [-0.25, -0.2) is 15.0 Å². The lowest BCUT2D eigenvalue weighted by Crippen LogP contribution is -2.33. The molecule has 0 radical (unpaired) electrons. The van der Waals surface area contributed by atoms with E-state index in [1.54, 1.807) is 0 Å². The van der Waals surface area contributed by atoms with E-state index in [1.807, 2.05) is 0 Å². The van der Waals surface area contributed by atoms with Gasteiger partial charge in [-0.15, -0.1) is 0 Å². The van der Waals surface area contributed by atoms with Crippen molar-refractivity contribution in [2.75, 3.05) is 6.61 Å². The zero-order valence-corrected chi connectivity index (χ0v) is 7.79. The van der Waals surface area contributed by atoms with Gasteiger partial charge in [-0.05, 0) is 11.6 Å². The van der Waals surface area contributed by atoms with E-state index < -0.39 is 18.6 Å². The normalized spacial score (nSPS) is 11.1. The number of aliphatic carboxylic acids is 1. The number of carbonyl (C=O) groups is 1. The topological polar surface area (TPSA) is 122 Å². The standard InChI is InChI=1S/C3H2ClN3.C3H7NO3/c4-3-6-1-5-2-7-3;4-2(1-5)3(6)7/h1-2H;2,5H,1,4H2,(H,6,7)/t;2-/m.0/s1. The van der Waals surface area contributed by atoms with E-state index in [0.717, 1.165) is 0 Å². The van der Waals surface area contributed by atoms with Gasteiger partial charge < -0.3 is 15.9 Å². The third kappa shape index (κ3) is 6.23. The molecule has 0 aromatic carbocycles. The van der Waals surface area contributed by atoms with Crippen LogP contribution in [0.4, 0.5) is 0 Å². The van der Waals surface area contributed by atoms with Crippen molar-refractivity contribution in [1.82, 2.24) is 15.0 Å². The van der Waals surface area contributed by atoms with Crippen molar-refractivity contribution in [2.45, 2.75) is 6.04 Å². The Bertz CT molecular complexity index is 271. The van der Waals surface area contributed by atoms with Gasteiger partial charge in [0.2, 0.25) is 5.28 Å². The van der Waals surface area contributed by atoms with Crippen molar-refractivity contribution < 1.29 is 15.0 Å². The smallest absolute Gasteiger partial charge is 0.322 e. The minimum Gasteiger partial charge on any atom is -0.480 e. The minimum absolute atomic E-state index is 0.231. The van der Waals surface area contributed by atoms with E-state index in [9.17, 15) is 4.79 Å². The van der Waals surface area contributed by atoms with Crippen LogP contribution in [0.3, 0.4) is 0 Å². The molecule has 14 heavy (non-hydrogen) atoms. The molecule has 0 bridgehead atoms. The Morgan fingerprint density at radius 1 is 1.57 bits per heavy atom. The summed E-state index contributed by atoms with van der Waals surface area (Å²) < 4.78 is 0. The molecule has 0 saturated heterocycles. The predicted molar refractivity (Wildman–Crippen MR) is 47.5 cm³/mol. The number of nitrogens with two attached hydrogens (primary N) is 1. The van der Waals surface area contributed by atoms with Crippen LogP contribution in [0.2, 0.25) is 5.28 Å². The van der Waals surface area contributed by atoms with E-state index in [4.69, 9.17) is 27.5 Å². The monoisotopic (exact) mass is 220 g/mol. The summed E-state index contributed by atoms with van der Waals surface area (Å²) in [6.07, 6.45) is 2.69. The Labute approximate surface area is 84.6 Å². The molecular weight excluding hydrogens is 212 g/mol. The molecule has 1 aromatic heterocycles. The number of hydrogen-bond donors (Lipinski definition) is 3. The summed E-state index contributed by atoms with van der Waals surface area (Å²) in [6.45, 7) is -0.505. The lowest BCUT2D eigenvalue weighted by Gasteiger charge is -1.96. The third-order valence-electron chi connectivity index (χ3n) is 0.976. The van der Waals surface area contributed by atoms with Gasteiger partial charge in [0.05, 0.1) is 6.61 Å². The zero-order chi connectivity index (χ0) is 11.0. The van der Waals surface area contributed by atoms with E-state index >= 15 is 0 Å². The van der Waals surface area contributed by atoms with Gasteiger partial charge in [-0.3, -0.25) is 4.79 Å². The van der Waals surface area contributed by atoms with Crippen molar-refractivity contribution in [2.24, 2.45) is 5.73 Å². The minimum atomic E-state index is -1.18. The molecule has 4 N–H and O–H groups in total. The molecular formula is C6H9ClN4O3. The van der Waals surface area contributed by atoms with E-state index in [-0.39, 0.29) is 5.28 Å². The van der Waals surface area contributed by atoms with Gasteiger partial charge in [0.15, 0.2) is 0 Å². The van der Waals surface area contributed by atoms with Crippen LogP contribution in [0, 0.1) is 0 Å². The predicted octanol–water partition coefficient (Wildman–Crippen LogP) is -1.08. The maximum Gasteiger partial charge on any atom is 0.322 e. The van der Waals surface area contributed by atoms with Gasteiger partial charge in [0.25, 0.3) is 0 Å². The molecule has 78 valence electrons. The first-order valence-corrected chi connectivity index (χ1v) is 3.82. The first-order chi connectivity index (χ1) is 6.57. The molecule has 0 aliphatic carbocycles. The summed E-state index contributed by atoms with van der Waals surface area (Å²) in [5.74, 6) is -1.18. The first-order valence-electron chi connectivity index (χ1n) is 3.44. The highest BCUT2D eigenvalue weighted by atomic mass is 35.5. The fraction of sp³-hybridized carbons (Fsp3) is 0.333. The van der Waals surface area contributed by atoms with Crippen LogP contribution in [0.15, 0.2) is 12.7 Å². The van der Waals surface area contributed by atoms with Gasteiger partial charge >= 0.3 is 5.97 Å². The highest BCUT2D eigenvalue weighted by Gasteiger charge is 2.06. The fourth-order valence-electron chi connectivity index (χ4n) is 0.303. The molecule has 0 aliphatic rings. The number of carboxylic acid groups (broad SMARTS) is 1. The van der Waals surface area contributed by atoms with Crippen molar-refractivity contribution in [1.29, 1.82) is 0 Å². The number of halogens is 1. The van der Waals surface area contributed by atoms with Crippen molar-refractivity contribution in [3.63, 3.8) is 0 Å². The van der Waals surface area contributed by atoms with Gasteiger partial charge in [-0.1, -0.05) is 0 Å². The maximum absolute atomic E-state index is 9.65. The second-order valence-electron chi connectivity index (χ2n) is 2.03. The van der Waals surface area contributed by atoms with Crippen LogP contribution < -0.4 is 5.73 Å². The second kappa shape index (κ2) is 7.13. The molecule has 0 spiro atoms. The fourth-order valence-corrected chi connectivity index (χ4v) is 0.390. The van der Waals surface area contributed by atoms with Crippen LogP contribution in [0.1, 0.15) is 0 Å². The summed E-state index contributed by atoms with van der Waals surface area (Å²) >= 11 is 5.28. The average Bonchev–Trinajstić information content (AvgIpc) is 2.18. The van der Waals surface area contributed by atoms with Crippen molar-refractivity contribution in [3.05, 3.63) is 17.9 Å². The van der Waals surface area contributed by atoms with Crippen molar-refractivity contribution in [3.8, 4) is 0 Å². The summed E-state index contributed by atoms with van der Waals surface area (Å²) in [4.78, 5) is 20.2. The molecule has 8 heteroatoms. The van der Waals surface area contributed by atoms with E-state index in [2.05, 4.69) is 15.0 Å². The van der Waals surface area contributed by atoms with E-state index in [1.165, 1.54) is 12.7 Å². The number of carboxylic acids is 1. The molecule has 7 nitrogen and oxygen atoms in total. The number of aromatic nitrogens is 3. The van der Waals surface area contributed by atoms with Crippen molar-refractivity contribution >= 4 is 17.6 Å².